The number of halogens is 1. The fraction of sp³-hybridized carbons (Fsp3) is 0. The van der Waals surface area contributed by atoms with Crippen molar-refractivity contribution in [2.24, 2.45) is 4.40 Å². The van der Waals surface area contributed by atoms with Crippen molar-refractivity contribution in [1.29, 1.82) is 0 Å². The number of aromatic nitrogens is 2. The maximum atomic E-state index is 12.0. The molecule has 0 saturated heterocycles. The number of sulfonamides is 1. The molecule has 8 heteroatoms. The van der Waals surface area contributed by atoms with Gasteiger partial charge >= 0.3 is 0 Å². The minimum atomic E-state index is -3.81. The average Bonchev–Trinajstić information content (AvgIpc) is 2.38. The summed E-state index contributed by atoms with van der Waals surface area (Å²) in [5, 5.41) is 2.81. The Kier molecular flexibility index (Phi) is 2.72. The summed E-state index contributed by atoms with van der Waals surface area (Å²) < 4.78 is 27.7. The Balaban J connectivity index is 2.16. The fourth-order valence-corrected chi connectivity index (χ4v) is 2.80. The van der Waals surface area contributed by atoms with Gasteiger partial charge in [0.25, 0.3) is 10.0 Å². The molecule has 0 radical (unpaired) electrons. The molecule has 1 aliphatic heterocycles. The molecule has 0 saturated carbocycles. The highest BCUT2D eigenvalue weighted by Crippen LogP contribution is 2.26. The summed E-state index contributed by atoms with van der Waals surface area (Å²) in [5.74, 6) is 0.344. The third kappa shape index (κ3) is 2.18. The first-order chi connectivity index (χ1) is 9.06. The molecule has 0 atom stereocenters. The number of nitrogens with zero attached hydrogens (tertiary/aromatic N) is 3. The standard InChI is InChI=1S/C11H7ClN4O2S/c12-11-13-6-8-10(15-11)14-9(16-19(8,17)18)7-4-2-1-3-5-7/h1-6H,(H,13,14,15,16). The molecule has 1 N–H and O–H groups in total. The lowest BCUT2D eigenvalue weighted by atomic mass is 10.2. The molecule has 96 valence electrons. The van der Waals surface area contributed by atoms with Crippen LogP contribution in [0.3, 0.4) is 0 Å². The van der Waals surface area contributed by atoms with Gasteiger partial charge in [-0.1, -0.05) is 30.3 Å². The number of hydrogen-bond donors (Lipinski definition) is 1. The summed E-state index contributed by atoms with van der Waals surface area (Å²) in [4.78, 5) is 7.43. The van der Waals surface area contributed by atoms with Crippen molar-refractivity contribution in [2.75, 3.05) is 5.32 Å². The van der Waals surface area contributed by atoms with Gasteiger partial charge in [0.2, 0.25) is 5.28 Å². The maximum absolute atomic E-state index is 12.0. The van der Waals surface area contributed by atoms with Gasteiger partial charge in [0.15, 0.2) is 16.5 Å². The Bertz CT molecular complexity index is 775. The van der Waals surface area contributed by atoms with Crippen LogP contribution in [0.2, 0.25) is 5.28 Å². The molecular formula is C11H7ClN4O2S. The van der Waals surface area contributed by atoms with E-state index in [9.17, 15) is 8.42 Å². The van der Waals surface area contributed by atoms with Gasteiger partial charge in [0.1, 0.15) is 0 Å². The lowest BCUT2D eigenvalue weighted by Crippen LogP contribution is -2.23. The lowest BCUT2D eigenvalue weighted by Gasteiger charge is -2.16. The van der Waals surface area contributed by atoms with Crippen LogP contribution in [0.15, 0.2) is 45.8 Å². The molecule has 2 aromatic rings. The molecule has 1 aliphatic rings. The third-order valence-electron chi connectivity index (χ3n) is 2.50. The van der Waals surface area contributed by atoms with Crippen molar-refractivity contribution in [3.05, 3.63) is 47.4 Å². The molecule has 0 unspecified atom stereocenters. The van der Waals surface area contributed by atoms with Gasteiger partial charge in [-0.2, -0.15) is 13.4 Å². The molecule has 19 heavy (non-hydrogen) atoms. The van der Waals surface area contributed by atoms with Crippen LogP contribution in [0.1, 0.15) is 5.56 Å². The molecule has 1 aromatic carbocycles. The van der Waals surface area contributed by atoms with E-state index in [2.05, 4.69) is 19.7 Å². The number of rotatable bonds is 1. The summed E-state index contributed by atoms with van der Waals surface area (Å²) in [6.45, 7) is 0. The quantitative estimate of drug-likeness (QED) is 0.809. The zero-order chi connectivity index (χ0) is 13.5. The Morgan fingerprint density at radius 3 is 2.63 bits per heavy atom. The van der Waals surface area contributed by atoms with E-state index in [1.807, 2.05) is 6.07 Å². The molecule has 0 fully saturated rings. The summed E-state index contributed by atoms with van der Waals surface area (Å²) in [5.41, 5.74) is 0.645. The molecule has 3 rings (SSSR count). The Morgan fingerprint density at radius 1 is 1.16 bits per heavy atom. The molecule has 6 nitrogen and oxygen atoms in total. The summed E-state index contributed by atoms with van der Waals surface area (Å²) in [6, 6.07) is 8.89. The van der Waals surface area contributed by atoms with Crippen molar-refractivity contribution in [2.45, 2.75) is 4.90 Å². The van der Waals surface area contributed by atoms with Gasteiger partial charge in [-0.15, -0.1) is 4.40 Å². The van der Waals surface area contributed by atoms with E-state index in [1.54, 1.807) is 24.3 Å². The Hall–Kier alpha value is -1.99. The first kappa shape index (κ1) is 12.1. The van der Waals surface area contributed by atoms with Crippen molar-refractivity contribution >= 4 is 33.3 Å². The van der Waals surface area contributed by atoms with Gasteiger partial charge in [-0.3, -0.25) is 0 Å². The minimum absolute atomic E-state index is 0.0317. The number of amidine groups is 1. The number of anilines is 1. The predicted molar refractivity (Wildman–Crippen MR) is 70.8 cm³/mol. The van der Waals surface area contributed by atoms with E-state index < -0.39 is 10.0 Å². The van der Waals surface area contributed by atoms with E-state index >= 15 is 0 Å². The molecule has 0 aliphatic carbocycles. The van der Waals surface area contributed by atoms with Crippen LogP contribution in [0.4, 0.5) is 5.82 Å². The second-order valence-electron chi connectivity index (χ2n) is 3.76. The molecule has 0 bridgehead atoms. The summed E-state index contributed by atoms with van der Waals surface area (Å²) in [6.07, 6.45) is 1.14. The SMILES string of the molecule is O=S1(=O)N=C(c2ccccc2)Nc2nc(Cl)ncc21. The zero-order valence-electron chi connectivity index (χ0n) is 9.41. The summed E-state index contributed by atoms with van der Waals surface area (Å²) >= 11 is 5.67. The maximum Gasteiger partial charge on any atom is 0.289 e. The molecular weight excluding hydrogens is 288 g/mol. The van der Waals surface area contributed by atoms with Gasteiger partial charge in [0, 0.05) is 5.56 Å². The van der Waals surface area contributed by atoms with E-state index in [1.165, 1.54) is 0 Å². The largest absolute Gasteiger partial charge is 0.322 e. The normalized spacial score (nSPS) is 16.2. The molecule has 0 amide bonds. The zero-order valence-corrected chi connectivity index (χ0v) is 11.0. The van der Waals surface area contributed by atoms with Crippen LogP contribution in [0, 0.1) is 0 Å². The van der Waals surface area contributed by atoms with Crippen molar-refractivity contribution < 1.29 is 8.42 Å². The Labute approximate surface area is 114 Å². The van der Waals surface area contributed by atoms with Crippen LogP contribution in [-0.4, -0.2) is 24.2 Å². The van der Waals surface area contributed by atoms with E-state index in [0.717, 1.165) is 6.20 Å². The highest BCUT2D eigenvalue weighted by Gasteiger charge is 2.27. The highest BCUT2D eigenvalue weighted by atomic mass is 35.5. The summed E-state index contributed by atoms with van der Waals surface area (Å²) in [7, 11) is -3.81. The molecule has 2 heterocycles. The van der Waals surface area contributed by atoms with Crippen molar-refractivity contribution in [3.8, 4) is 0 Å². The van der Waals surface area contributed by atoms with Gasteiger partial charge in [0.05, 0.1) is 6.20 Å². The number of benzene rings is 1. The number of nitrogens with one attached hydrogen (secondary N) is 1. The minimum Gasteiger partial charge on any atom is -0.322 e. The van der Waals surface area contributed by atoms with Crippen LogP contribution in [0.5, 0.6) is 0 Å². The first-order valence-electron chi connectivity index (χ1n) is 5.26. The molecule has 0 spiro atoms. The van der Waals surface area contributed by atoms with Crippen LogP contribution < -0.4 is 5.32 Å². The average molecular weight is 295 g/mol. The van der Waals surface area contributed by atoms with Gasteiger partial charge in [-0.05, 0) is 11.6 Å². The van der Waals surface area contributed by atoms with Crippen molar-refractivity contribution in [1.82, 2.24) is 9.97 Å². The van der Waals surface area contributed by atoms with Gasteiger partial charge in [-0.25, -0.2) is 4.98 Å². The number of hydrogen-bond acceptors (Lipinski definition) is 5. The van der Waals surface area contributed by atoms with E-state index in [0.29, 0.717) is 5.56 Å². The second-order valence-corrected chi connectivity index (χ2v) is 5.67. The predicted octanol–water partition coefficient (Wildman–Crippen LogP) is 1.69. The monoisotopic (exact) mass is 294 g/mol. The van der Waals surface area contributed by atoms with Crippen LogP contribution in [0.25, 0.3) is 0 Å². The number of fused-ring (bicyclic) bond motifs is 1. The Morgan fingerprint density at radius 2 is 1.89 bits per heavy atom. The highest BCUT2D eigenvalue weighted by molar-refractivity contribution is 7.90. The first-order valence-corrected chi connectivity index (χ1v) is 7.08. The van der Waals surface area contributed by atoms with Crippen LogP contribution >= 0.6 is 11.6 Å². The van der Waals surface area contributed by atoms with Crippen LogP contribution in [-0.2, 0) is 10.0 Å². The van der Waals surface area contributed by atoms with Gasteiger partial charge < -0.3 is 5.32 Å². The van der Waals surface area contributed by atoms with E-state index in [4.69, 9.17) is 11.6 Å². The third-order valence-corrected chi connectivity index (χ3v) is 3.96. The topological polar surface area (TPSA) is 84.3 Å². The lowest BCUT2D eigenvalue weighted by molar-refractivity contribution is 0.597. The molecule has 1 aromatic heterocycles. The second kappa shape index (κ2) is 4.29. The smallest absolute Gasteiger partial charge is 0.289 e. The van der Waals surface area contributed by atoms with E-state index in [-0.39, 0.29) is 21.8 Å². The van der Waals surface area contributed by atoms with Crippen molar-refractivity contribution in [3.63, 3.8) is 0 Å². The fourth-order valence-electron chi connectivity index (χ4n) is 1.65.